The molecule has 3 aromatic rings. The lowest BCUT2D eigenvalue weighted by atomic mass is 9.90. The summed E-state index contributed by atoms with van der Waals surface area (Å²) in [5, 5.41) is 12.3. The van der Waals surface area contributed by atoms with Gasteiger partial charge in [0, 0.05) is 29.6 Å². The van der Waals surface area contributed by atoms with E-state index in [4.69, 9.17) is 0 Å². The summed E-state index contributed by atoms with van der Waals surface area (Å²) in [7, 11) is 1.98. The Labute approximate surface area is 165 Å². The Morgan fingerprint density at radius 1 is 1.21 bits per heavy atom. The predicted molar refractivity (Wildman–Crippen MR) is 108 cm³/mol. The molecule has 1 aliphatic carbocycles. The molecule has 0 saturated carbocycles. The summed E-state index contributed by atoms with van der Waals surface area (Å²) in [4.78, 5) is 13.0. The third-order valence-corrected chi connectivity index (χ3v) is 5.58. The van der Waals surface area contributed by atoms with Crippen LogP contribution in [-0.2, 0) is 20.0 Å². The fourth-order valence-electron chi connectivity index (χ4n) is 4.29. The number of carbonyl (C=O) groups excluding carboxylic acids is 1. The van der Waals surface area contributed by atoms with Crippen molar-refractivity contribution in [3.63, 3.8) is 0 Å². The van der Waals surface area contributed by atoms with E-state index in [-0.39, 0.29) is 11.9 Å². The van der Waals surface area contributed by atoms with Gasteiger partial charge in [-0.05, 0) is 63.8 Å². The van der Waals surface area contributed by atoms with E-state index in [9.17, 15) is 4.79 Å². The van der Waals surface area contributed by atoms with Gasteiger partial charge < -0.3 is 5.32 Å². The Morgan fingerprint density at radius 3 is 2.79 bits per heavy atom. The van der Waals surface area contributed by atoms with Crippen LogP contribution in [0.3, 0.4) is 0 Å². The second-order valence-electron chi connectivity index (χ2n) is 7.77. The van der Waals surface area contributed by atoms with E-state index >= 15 is 0 Å². The largest absolute Gasteiger partial charge is 0.345 e. The quantitative estimate of drug-likeness (QED) is 0.758. The number of aryl methyl sites for hydroxylation is 4. The van der Waals surface area contributed by atoms with Gasteiger partial charge in [-0.15, -0.1) is 0 Å². The van der Waals surface area contributed by atoms with Gasteiger partial charge in [-0.3, -0.25) is 14.2 Å². The average molecular weight is 377 g/mol. The first-order chi connectivity index (χ1) is 13.4. The molecular weight excluding hydrogens is 350 g/mol. The summed E-state index contributed by atoms with van der Waals surface area (Å²) < 4.78 is 3.93. The molecule has 0 bridgehead atoms. The highest BCUT2D eigenvalue weighted by molar-refractivity contribution is 5.94. The van der Waals surface area contributed by atoms with Crippen LogP contribution >= 0.6 is 0 Å². The number of amides is 1. The van der Waals surface area contributed by atoms with Crippen LogP contribution in [0.1, 0.15) is 63.1 Å². The maximum Gasteiger partial charge on any atom is 0.251 e. The monoisotopic (exact) mass is 377 g/mol. The molecule has 0 fully saturated rings. The highest BCUT2D eigenvalue weighted by Gasteiger charge is 2.27. The minimum absolute atomic E-state index is 0.0312. The number of fused-ring (bicyclic) bond motifs is 1. The van der Waals surface area contributed by atoms with Crippen LogP contribution in [0.5, 0.6) is 0 Å². The van der Waals surface area contributed by atoms with Gasteiger partial charge in [0.15, 0.2) is 0 Å². The second kappa shape index (κ2) is 7.26. The molecule has 0 spiro atoms. The predicted octanol–water partition coefficient (Wildman–Crippen LogP) is 3.40. The zero-order valence-corrected chi connectivity index (χ0v) is 17.0. The molecule has 146 valence electrons. The van der Waals surface area contributed by atoms with Crippen molar-refractivity contribution in [1.82, 2.24) is 24.9 Å². The first-order valence-corrected chi connectivity index (χ1v) is 9.85. The summed E-state index contributed by atoms with van der Waals surface area (Å²) in [6.07, 6.45) is 3.04. The first kappa shape index (κ1) is 18.5. The number of hydrogen-bond donors (Lipinski definition) is 1. The lowest BCUT2D eigenvalue weighted by Gasteiger charge is -2.24. The Bertz CT molecular complexity index is 1030. The molecule has 1 amide bonds. The van der Waals surface area contributed by atoms with Crippen molar-refractivity contribution < 1.29 is 4.79 Å². The molecule has 6 nitrogen and oxygen atoms in total. The second-order valence-corrected chi connectivity index (χ2v) is 7.77. The zero-order valence-electron chi connectivity index (χ0n) is 17.0. The maximum atomic E-state index is 13.0. The van der Waals surface area contributed by atoms with Gasteiger partial charge in [0.25, 0.3) is 5.91 Å². The van der Waals surface area contributed by atoms with Gasteiger partial charge in [0.05, 0.1) is 24.0 Å². The topological polar surface area (TPSA) is 64.7 Å². The fraction of sp³-hybridized carbons (Fsp3) is 0.409. The van der Waals surface area contributed by atoms with E-state index in [2.05, 4.69) is 21.6 Å². The first-order valence-electron chi connectivity index (χ1n) is 9.85. The highest BCUT2D eigenvalue weighted by Crippen LogP contribution is 2.32. The van der Waals surface area contributed by atoms with Crippen molar-refractivity contribution in [2.75, 3.05) is 0 Å². The van der Waals surface area contributed by atoms with Gasteiger partial charge in [-0.2, -0.15) is 10.2 Å². The van der Waals surface area contributed by atoms with Gasteiger partial charge in [-0.25, -0.2) is 0 Å². The minimum Gasteiger partial charge on any atom is -0.345 e. The minimum atomic E-state index is -0.0312. The van der Waals surface area contributed by atoms with Gasteiger partial charge in [0.2, 0.25) is 0 Å². The van der Waals surface area contributed by atoms with Crippen LogP contribution in [0.15, 0.2) is 30.3 Å². The molecule has 1 aliphatic rings. The number of nitrogens with zero attached hydrogens (tertiary/aromatic N) is 4. The van der Waals surface area contributed by atoms with Gasteiger partial charge in [0.1, 0.15) is 0 Å². The zero-order chi connectivity index (χ0) is 19.8. The summed E-state index contributed by atoms with van der Waals surface area (Å²) in [6, 6.07) is 9.91. The standard InChI is InChI=1S/C22H27N5O/c1-14-11-15(2)27(24-14)13-17-7-5-8-18(12-17)22(28)23-19-9-6-10-20-21(19)16(3)25-26(20)4/h5,7-8,11-12,19H,6,9-10,13H2,1-4H3,(H,23,28). The summed E-state index contributed by atoms with van der Waals surface area (Å²) >= 11 is 0. The SMILES string of the molecule is Cc1cc(C)n(Cc2cccc(C(=O)NC3CCCc4c3c(C)nn4C)c2)n1. The van der Waals surface area contributed by atoms with Crippen molar-refractivity contribution in [3.05, 3.63) is 69.8 Å². The summed E-state index contributed by atoms with van der Waals surface area (Å²) in [5.41, 5.74) is 7.34. The number of benzene rings is 1. The average Bonchev–Trinajstić information content (AvgIpc) is 3.13. The highest BCUT2D eigenvalue weighted by atomic mass is 16.1. The lowest BCUT2D eigenvalue weighted by molar-refractivity contribution is 0.0932. The van der Waals surface area contributed by atoms with E-state index < -0.39 is 0 Å². The molecule has 2 heterocycles. The van der Waals surface area contributed by atoms with E-state index in [1.54, 1.807) is 0 Å². The number of nitrogens with one attached hydrogen (secondary N) is 1. The van der Waals surface area contributed by atoms with E-state index in [0.717, 1.165) is 41.9 Å². The molecule has 1 N–H and O–H groups in total. The maximum absolute atomic E-state index is 13.0. The number of aromatic nitrogens is 4. The molecular formula is C22H27N5O. The number of hydrogen-bond acceptors (Lipinski definition) is 3. The van der Waals surface area contributed by atoms with Crippen LogP contribution in [0.4, 0.5) is 0 Å². The lowest BCUT2D eigenvalue weighted by Crippen LogP contribution is -2.31. The Morgan fingerprint density at radius 2 is 2.04 bits per heavy atom. The van der Waals surface area contributed by atoms with Gasteiger partial charge in [-0.1, -0.05) is 12.1 Å². The van der Waals surface area contributed by atoms with Crippen LogP contribution in [0, 0.1) is 20.8 Å². The molecule has 2 aromatic heterocycles. The smallest absolute Gasteiger partial charge is 0.251 e. The summed E-state index contributed by atoms with van der Waals surface area (Å²) in [6.45, 7) is 6.73. The fourth-order valence-corrected chi connectivity index (χ4v) is 4.29. The van der Waals surface area contributed by atoms with Crippen molar-refractivity contribution in [2.24, 2.45) is 7.05 Å². The van der Waals surface area contributed by atoms with Crippen LogP contribution in [0.25, 0.3) is 0 Å². The van der Waals surface area contributed by atoms with Crippen LogP contribution in [-0.4, -0.2) is 25.5 Å². The van der Waals surface area contributed by atoms with Crippen LogP contribution in [0.2, 0.25) is 0 Å². The van der Waals surface area contributed by atoms with E-state index in [1.807, 2.05) is 61.4 Å². The van der Waals surface area contributed by atoms with Crippen molar-refractivity contribution in [2.45, 2.75) is 52.6 Å². The van der Waals surface area contributed by atoms with Crippen molar-refractivity contribution in [1.29, 1.82) is 0 Å². The molecule has 1 unspecified atom stereocenters. The number of carbonyl (C=O) groups is 1. The van der Waals surface area contributed by atoms with Crippen molar-refractivity contribution in [3.8, 4) is 0 Å². The van der Waals surface area contributed by atoms with Crippen LogP contribution < -0.4 is 5.32 Å². The molecule has 0 saturated heterocycles. The van der Waals surface area contributed by atoms with E-state index in [1.165, 1.54) is 11.3 Å². The third kappa shape index (κ3) is 3.46. The summed E-state index contributed by atoms with van der Waals surface area (Å²) in [5.74, 6) is -0.0312. The Hall–Kier alpha value is -2.89. The molecule has 4 rings (SSSR count). The molecule has 1 atom stereocenters. The Kier molecular flexibility index (Phi) is 4.79. The molecule has 0 aliphatic heterocycles. The molecule has 28 heavy (non-hydrogen) atoms. The normalized spacial score (nSPS) is 16.1. The Balaban J connectivity index is 1.53. The van der Waals surface area contributed by atoms with Gasteiger partial charge >= 0.3 is 0 Å². The number of rotatable bonds is 4. The van der Waals surface area contributed by atoms with E-state index in [0.29, 0.717) is 12.1 Å². The molecule has 0 radical (unpaired) electrons. The molecule has 6 heteroatoms. The third-order valence-electron chi connectivity index (χ3n) is 5.58. The molecule has 1 aromatic carbocycles. The van der Waals surface area contributed by atoms with Crippen molar-refractivity contribution >= 4 is 5.91 Å².